The third kappa shape index (κ3) is 3.30. The van der Waals surface area contributed by atoms with E-state index in [2.05, 4.69) is 0 Å². The van der Waals surface area contributed by atoms with Gasteiger partial charge in [-0.2, -0.15) is 0 Å². The Kier molecular flexibility index (Phi) is 4.32. The second-order valence-electron chi connectivity index (χ2n) is 2.78. The summed E-state index contributed by atoms with van der Waals surface area (Å²) in [5, 5.41) is 0. The standard InChI is InChI=1S/C10H12FNOS/c11-5-2-6-13-9-4-1-3-8(7-9)10(12)14/h1,3-4,7H,2,5-6H2,(H2,12,14). The van der Waals surface area contributed by atoms with Crippen molar-refractivity contribution in [1.82, 2.24) is 0 Å². The summed E-state index contributed by atoms with van der Waals surface area (Å²) in [7, 11) is 0. The van der Waals surface area contributed by atoms with Crippen LogP contribution in [0.4, 0.5) is 4.39 Å². The Morgan fingerprint density at radius 3 is 2.93 bits per heavy atom. The van der Waals surface area contributed by atoms with Crippen molar-refractivity contribution in [3.05, 3.63) is 29.8 Å². The van der Waals surface area contributed by atoms with Gasteiger partial charge in [-0.25, -0.2) is 0 Å². The van der Waals surface area contributed by atoms with Crippen molar-refractivity contribution >= 4 is 17.2 Å². The molecule has 0 radical (unpaired) electrons. The summed E-state index contributed by atoms with van der Waals surface area (Å²) < 4.78 is 17.1. The van der Waals surface area contributed by atoms with Crippen molar-refractivity contribution in [2.45, 2.75) is 6.42 Å². The zero-order valence-corrected chi connectivity index (χ0v) is 8.52. The number of thiocarbonyl (C=S) groups is 1. The number of nitrogens with two attached hydrogens (primary N) is 1. The van der Waals surface area contributed by atoms with Crippen LogP contribution in [0, 0.1) is 0 Å². The van der Waals surface area contributed by atoms with Gasteiger partial charge >= 0.3 is 0 Å². The molecule has 1 aromatic carbocycles. The van der Waals surface area contributed by atoms with E-state index >= 15 is 0 Å². The Bertz CT molecular complexity index is 317. The van der Waals surface area contributed by atoms with Crippen LogP contribution < -0.4 is 10.5 Å². The molecule has 2 nitrogen and oxygen atoms in total. The van der Waals surface area contributed by atoms with Crippen molar-refractivity contribution in [3.8, 4) is 5.75 Å². The number of rotatable bonds is 5. The van der Waals surface area contributed by atoms with Crippen LogP contribution >= 0.6 is 12.2 Å². The highest BCUT2D eigenvalue weighted by atomic mass is 32.1. The van der Waals surface area contributed by atoms with Gasteiger partial charge in [0.25, 0.3) is 0 Å². The maximum Gasteiger partial charge on any atom is 0.119 e. The van der Waals surface area contributed by atoms with Crippen molar-refractivity contribution in [1.29, 1.82) is 0 Å². The number of ether oxygens (including phenoxy) is 1. The Hall–Kier alpha value is -1.16. The summed E-state index contributed by atoms with van der Waals surface area (Å²) >= 11 is 4.82. The van der Waals surface area contributed by atoms with E-state index in [1.165, 1.54) is 0 Å². The normalized spacial score (nSPS) is 9.79. The maximum atomic E-state index is 11.8. The number of benzene rings is 1. The number of halogens is 1. The van der Waals surface area contributed by atoms with E-state index in [1.807, 2.05) is 6.07 Å². The molecule has 2 N–H and O–H groups in total. The second kappa shape index (κ2) is 5.54. The molecule has 0 amide bonds. The highest BCUT2D eigenvalue weighted by Crippen LogP contribution is 2.13. The summed E-state index contributed by atoms with van der Waals surface area (Å²) in [5.74, 6) is 0.670. The quantitative estimate of drug-likeness (QED) is 0.600. The van der Waals surface area contributed by atoms with Gasteiger partial charge in [0.1, 0.15) is 10.7 Å². The van der Waals surface area contributed by atoms with Crippen LogP contribution in [0.2, 0.25) is 0 Å². The maximum absolute atomic E-state index is 11.8. The summed E-state index contributed by atoms with van der Waals surface area (Å²) in [4.78, 5) is 0.334. The van der Waals surface area contributed by atoms with Crippen molar-refractivity contribution < 1.29 is 9.13 Å². The molecular weight excluding hydrogens is 201 g/mol. The minimum atomic E-state index is -0.366. The number of alkyl halides is 1. The second-order valence-corrected chi connectivity index (χ2v) is 3.22. The van der Waals surface area contributed by atoms with Gasteiger partial charge in [0.2, 0.25) is 0 Å². The molecule has 0 saturated carbocycles. The van der Waals surface area contributed by atoms with Crippen molar-refractivity contribution in [3.63, 3.8) is 0 Å². The first-order valence-electron chi connectivity index (χ1n) is 4.32. The molecule has 0 heterocycles. The van der Waals surface area contributed by atoms with E-state index in [0.717, 1.165) is 5.56 Å². The van der Waals surface area contributed by atoms with Gasteiger partial charge in [0.15, 0.2) is 0 Å². The third-order valence-corrected chi connectivity index (χ3v) is 1.90. The van der Waals surface area contributed by atoms with Crippen LogP contribution in [-0.2, 0) is 0 Å². The van der Waals surface area contributed by atoms with E-state index in [-0.39, 0.29) is 6.67 Å². The third-order valence-electron chi connectivity index (χ3n) is 1.67. The average Bonchev–Trinajstić information content (AvgIpc) is 2.19. The molecule has 4 heteroatoms. The summed E-state index contributed by atoms with van der Waals surface area (Å²) in [6.07, 6.45) is 0.400. The van der Waals surface area contributed by atoms with Gasteiger partial charge in [0.05, 0.1) is 13.3 Å². The van der Waals surface area contributed by atoms with Crippen LogP contribution in [0.15, 0.2) is 24.3 Å². The Morgan fingerprint density at radius 1 is 1.50 bits per heavy atom. The first-order chi connectivity index (χ1) is 6.74. The Morgan fingerprint density at radius 2 is 2.29 bits per heavy atom. The topological polar surface area (TPSA) is 35.2 Å². The molecule has 0 spiro atoms. The molecule has 76 valence electrons. The highest BCUT2D eigenvalue weighted by Gasteiger charge is 1.98. The van der Waals surface area contributed by atoms with Crippen molar-refractivity contribution in [2.75, 3.05) is 13.3 Å². The van der Waals surface area contributed by atoms with E-state index in [9.17, 15) is 4.39 Å². The van der Waals surface area contributed by atoms with E-state index < -0.39 is 0 Å². The van der Waals surface area contributed by atoms with Gasteiger partial charge in [0, 0.05) is 12.0 Å². The lowest BCUT2D eigenvalue weighted by Gasteiger charge is -2.05. The molecule has 0 aliphatic rings. The first-order valence-corrected chi connectivity index (χ1v) is 4.73. The van der Waals surface area contributed by atoms with E-state index in [0.29, 0.717) is 23.8 Å². The van der Waals surface area contributed by atoms with Crippen LogP contribution in [-0.4, -0.2) is 18.3 Å². The zero-order chi connectivity index (χ0) is 10.4. The molecule has 0 aromatic heterocycles. The van der Waals surface area contributed by atoms with Crippen LogP contribution in [0.1, 0.15) is 12.0 Å². The van der Waals surface area contributed by atoms with Gasteiger partial charge < -0.3 is 10.5 Å². The summed E-state index contributed by atoms with van der Waals surface area (Å²) in [5.41, 5.74) is 6.22. The lowest BCUT2D eigenvalue weighted by atomic mass is 10.2. The molecule has 0 atom stereocenters. The molecule has 0 unspecified atom stereocenters. The molecule has 0 saturated heterocycles. The average molecular weight is 213 g/mol. The van der Waals surface area contributed by atoms with Gasteiger partial charge in [-0.05, 0) is 12.1 Å². The van der Waals surface area contributed by atoms with Gasteiger partial charge in [-0.3, -0.25) is 4.39 Å². The fraction of sp³-hybridized carbons (Fsp3) is 0.300. The fourth-order valence-electron chi connectivity index (χ4n) is 0.984. The van der Waals surface area contributed by atoms with E-state index in [1.54, 1.807) is 18.2 Å². The van der Waals surface area contributed by atoms with E-state index in [4.69, 9.17) is 22.7 Å². The SMILES string of the molecule is NC(=S)c1cccc(OCCCF)c1. The molecule has 0 aliphatic carbocycles. The monoisotopic (exact) mass is 213 g/mol. The lowest BCUT2D eigenvalue weighted by Crippen LogP contribution is -2.09. The van der Waals surface area contributed by atoms with Gasteiger partial charge in [-0.15, -0.1) is 0 Å². The molecule has 14 heavy (non-hydrogen) atoms. The van der Waals surface area contributed by atoms with Gasteiger partial charge in [-0.1, -0.05) is 24.4 Å². The predicted octanol–water partition coefficient (Wildman–Crippen LogP) is 2.06. The summed E-state index contributed by atoms with van der Waals surface area (Å²) in [6, 6.07) is 7.16. The van der Waals surface area contributed by atoms with Crippen LogP contribution in [0.5, 0.6) is 5.75 Å². The smallest absolute Gasteiger partial charge is 0.119 e. The first kappa shape index (κ1) is 10.9. The van der Waals surface area contributed by atoms with Crippen LogP contribution in [0.25, 0.3) is 0 Å². The molecule has 1 rings (SSSR count). The molecule has 0 fully saturated rings. The fourth-order valence-corrected chi connectivity index (χ4v) is 1.11. The minimum Gasteiger partial charge on any atom is -0.493 e. The molecule has 0 aliphatic heterocycles. The summed E-state index contributed by atoms with van der Waals surface area (Å²) in [6.45, 7) is 0.00623. The minimum absolute atomic E-state index is 0.334. The Balaban J connectivity index is 2.59. The molecule has 0 bridgehead atoms. The number of hydrogen-bond acceptors (Lipinski definition) is 2. The predicted molar refractivity (Wildman–Crippen MR) is 58.4 cm³/mol. The van der Waals surface area contributed by atoms with Crippen LogP contribution in [0.3, 0.4) is 0 Å². The lowest BCUT2D eigenvalue weighted by molar-refractivity contribution is 0.289. The van der Waals surface area contributed by atoms with Crippen molar-refractivity contribution in [2.24, 2.45) is 5.73 Å². The molecular formula is C10H12FNOS. The zero-order valence-electron chi connectivity index (χ0n) is 7.70. The molecule has 1 aromatic rings. The number of hydrogen-bond donors (Lipinski definition) is 1. The largest absolute Gasteiger partial charge is 0.493 e. The highest BCUT2D eigenvalue weighted by molar-refractivity contribution is 7.80. The Labute approximate surface area is 87.9 Å².